The molecule has 3 heterocycles. The van der Waals surface area contributed by atoms with E-state index < -0.39 is 0 Å². The van der Waals surface area contributed by atoms with Gasteiger partial charge in [0.25, 0.3) is 0 Å². The number of nitrogens with zero attached hydrogens (tertiary/aromatic N) is 3. The number of carbonyl (C=O) groups excluding carboxylic acids is 1. The number of hydrogen-bond acceptors (Lipinski definition) is 4. The fourth-order valence-corrected chi connectivity index (χ4v) is 5.06. The van der Waals surface area contributed by atoms with Crippen LogP contribution in [-0.2, 0) is 4.79 Å². The lowest BCUT2D eigenvalue weighted by Gasteiger charge is -2.34. The number of rotatable bonds is 6. The average Bonchev–Trinajstić information content (AvgIpc) is 3.39. The van der Waals surface area contributed by atoms with Gasteiger partial charge in [0.2, 0.25) is 5.91 Å². The second-order valence-electron chi connectivity index (χ2n) is 8.74. The van der Waals surface area contributed by atoms with Crippen molar-refractivity contribution in [2.75, 3.05) is 45.8 Å². The number of likely N-dealkylation sites (tertiary alicyclic amines) is 3. The molecule has 3 saturated heterocycles. The molecule has 1 N–H and O–H groups in total. The lowest BCUT2D eigenvalue weighted by Crippen LogP contribution is -2.50. The highest BCUT2D eigenvalue weighted by atomic mass is 16.2. The summed E-state index contributed by atoms with van der Waals surface area (Å²) in [6, 6.07) is 1.88. The van der Waals surface area contributed by atoms with Crippen LogP contribution in [-0.4, -0.2) is 84.5 Å². The highest BCUT2D eigenvalue weighted by Crippen LogP contribution is 2.29. The Morgan fingerprint density at radius 3 is 2.32 bits per heavy atom. The second kappa shape index (κ2) is 8.36. The molecule has 0 spiro atoms. The topological polar surface area (TPSA) is 38.8 Å². The van der Waals surface area contributed by atoms with Gasteiger partial charge in [-0.2, -0.15) is 0 Å². The van der Waals surface area contributed by atoms with E-state index in [-0.39, 0.29) is 5.91 Å². The van der Waals surface area contributed by atoms with Crippen LogP contribution in [0.15, 0.2) is 0 Å². The molecule has 4 aliphatic rings. The van der Waals surface area contributed by atoms with Gasteiger partial charge in [0, 0.05) is 37.8 Å². The lowest BCUT2D eigenvalue weighted by atomic mass is 10.0. The minimum absolute atomic E-state index is 0.260. The van der Waals surface area contributed by atoms with Gasteiger partial charge in [0.1, 0.15) is 0 Å². The van der Waals surface area contributed by atoms with E-state index in [0.29, 0.717) is 18.6 Å². The molecular weight excluding hydrogens is 312 g/mol. The van der Waals surface area contributed by atoms with Crippen LogP contribution in [0, 0.1) is 0 Å². The molecule has 1 amide bonds. The summed E-state index contributed by atoms with van der Waals surface area (Å²) < 4.78 is 0. The molecule has 0 aromatic heterocycles. The van der Waals surface area contributed by atoms with Crippen molar-refractivity contribution < 1.29 is 4.79 Å². The van der Waals surface area contributed by atoms with Crippen LogP contribution in [0.1, 0.15) is 57.8 Å². The van der Waals surface area contributed by atoms with E-state index in [4.69, 9.17) is 0 Å². The maximum absolute atomic E-state index is 12.6. The van der Waals surface area contributed by atoms with Crippen molar-refractivity contribution in [2.45, 2.75) is 75.9 Å². The van der Waals surface area contributed by atoms with E-state index in [1.807, 2.05) is 0 Å². The summed E-state index contributed by atoms with van der Waals surface area (Å²) in [6.45, 7) is 7.76. The zero-order valence-corrected chi connectivity index (χ0v) is 15.8. The SMILES string of the molecule is O=C(CN1CCC[C@@H]1CN1CCCCC1)NC1CCN(C2CC2)CC1. The fourth-order valence-electron chi connectivity index (χ4n) is 5.06. The van der Waals surface area contributed by atoms with E-state index >= 15 is 0 Å². The van der Waals surface area contributed by atoms with Gasteiger partial charge in [-0.3, -0.25) is 9.69 Å². The third-order valence-electron chi connectivity index (χ3n) is 6.72. The van der Waals surface area contributed by atoms with Gasteiger partial charge in [-0.25, -0.2) is 0 Å². The zero-order chi connectivity index (χ0) is 17.1. The summed E-state index contributed by atoms with van der Waals surface area (Å²) in [5.41, 5.74) is 0. The van der Waals surface area contributed by atoms with Crippen molar-refractivity contribution in [3.05, 3.63) is 0 Å². The molecule has 4 rings (SSSR count). The maximum atomic E-state index is 12.6. The molecule has 1 saturated carbocycles. The molecule has 5 heteroatoms. The lowest BCUT2D eigenvalue weighted by molar-refractivity contribution is -0.123. The van der Waals surface area contributed by atoms with E-state index in [9.17, 15) is 4.79 Å². The molecule has 1 aliphatic carbocycles. The van der Waals surface area contributed by atoms with Crippen LogP contribution in [0.2, 0.25) is 0 Å². The van der Waals surface area contributed by atoms with Gasteiger partial charge in [-0.15, -0.1) is 0 Å². The van der Waals surface area contributed by atoms with E-state index in [0.717, 1.165) is 25.4 Å². The molecule has 0 aromatic rings. The molecule has 142 valence electrons. The monoisotopic (exact) mass is 348 g/mol. The van der Waals surface area contributed by atoms with E-state index in [2.05, 4.69) is 20.0 Å². The van der Waals surface area contributed by atoms with Gasteiger partial charge < -0.3 is 15.1 Å². The van der Waals surface area contributed by atoms with Crippen LogP contribution in [0.25, 0.3) is 0 Å². The summed E-state index contributed by atoms with van der Waals surface area (Å²) in [6.07, 6.45) is 11.7. The van der Waals surface area contributed by atoms with Crippen molar-refractivity contribution in [3.8, 4) is 0 Å². The Morgan fingerprint density at radius 1 is 0.840 bits per heavy atom. The van der Waals surface area contributed by atoms with E-state index in [1.54, 1.807) is 0 Å². The van der Waals surface area contributed by atoms with Gasteiger partial charge >= 0.3 is 0 Å². The average molecular weight is 349 g/mol. The van der Waals surface area contributed by atoms with Crippen LogP contribution in [0.5, 0.6) is 0 Å². The quantitative estimate of drug-likeness (QED) is 0.793. The molecule has 0 bridgehead atoms. The first-order valence-electron chi connectivity index (χ1n) is 10.8. The highest BCUT2D eigenvalue weighted by molar-refractivity contribution is 5.78. The number of nitrogens with one attached hydrogen (secondary N) is 1. The molecule has 3 aliphatic heterocycles. The molecule has 1 atom stereocenters. The van der Waals surface area contributed by atoms with Crippen molar-refractivity contribution in [3.63, 3.8) is 0 Å². The van der Waals surface area contributed by atoms with Gasteiger partial charge in [0.05, 0.1) is 6.54 Å². The van der Waals surface area contributed by atoms with Crippen molar-refractivity contribution in [1.82, 2.24) is 20.0 Å². The first kappa shape index (κ1) is 17.7. The number of hydrogen-bond donors (Lipinski definition) is 1. The minimum Gasteiger partial charge on any atom is -0.352 e. The summed E-state index contributed by atoms with van der Waals surface area (Å²) in [4.78, 5) is 20.2. The fraction of sp³-hybridized carbons (Fsp3) is 0.950. The highest BCUT2D eigenvalue weighted by Gasteiger charge is 2.33. The van der Waals surface area contributed by atoms with Gasteiger partial charge in [-0.1, -0.05) is 6.42 Å². The summed E-state index contributed by atoms with van der Waals surface area (Å²) >= 11 is 0. The third kappa shape index (κ3) is 4.95. The molecular formula is C20H36N4O. The second-order valence-corrected chi connectivity index (χ2v) is 8.74. The number of carbonyl (C=O) groups is 1. The van der Waals surface area contributed by atoms with Crippen molar-refractivity contribution >= 4 is 5.91 Å². The Balaban J connectivity index is 1.18. The minimum atomic E-state index is 0.260. The Labute approximate surface area is 153 Å². The molecule has 25 heavy (non-hydrogen) atoms. The Hall–Kier alpha value is -0.650. The predicted octanol–water partition coefficient (Wildman–Crippen LogP) is 1.68. The van der Waals surface area contributed by atoms with Gasteiger partial charge in [0.15, 0.2) is 0 Å². The zero-order valence-electron chi connectivity index (χ0n) is 15.8. The molecule has 0 radical (unpaired) electrons. The summed E-state index contributed by atoms with van der Waals surface area (Å²) in [5.74, 6) is 0.260. The molecule has 0 unspecified atom stereocenters. The first-order valence-corrected chi connectivity index (χ1v) is 10.8. The Morgan fingerprint density at radius 2 is 1.60 bits per heavy atom. The van der Waals surface area contributed by atoms with Crippen LogP contribution < -0.4 is 5.32 Å². The molecule has 4 fully saturated rings. The maximum Gasteiger partial charge on any atom is 0.234 e. The predicted molar refractivity (Wildman–Crippen MR) is 101 cm³/mol. The summed E-state index contributed by atoms with van der Waals surface area (Å²) in [5, 5.41) is 3.33. The largest absolute Gasteiger partial charge is 0.352 e. The smallest absolute Gasteiger partial charge is 0.234 e. The normalized spacial score (nSPS) is 30.6. The van der Waals surface area contributed by atoms with Gasteiger partial charge in [-0.05, 0) is 71.0 Å². The Kier molecular flexibility index (Phi) is 5.94. The molecule has 5 nitrogen and oxygen atoms in total. The standard InChI is InChI=1S/C20H36N4O/c25-20(21-17-8-13-23(14-9-17)18-6-7-18)16-24-12-4-5-19(24)15-22-10-2-1-3-11-22/h17-19H,1-16H2,(H,21,25)/t19-/m1/s1. The van der Waals surface area contributed by atoms with Crippen molar-refractivity contribution in [2.24, 2.45) is 0 Å². The first-order chi connectivity index (χ1) is 12.3. The third-order valence-corrected chi connectivity index (χ3v) is 6.72. The van der Waals surface area contributed by atoms with Crippen molar-refractivity contribution in [1.29, 1.82) is 0 Å². The number of amides is 1. The summed E-state index contributed by atoms with van der Waals surface area (Å²) in [7, 11) is 0. The Bertz CT molecular complexity index is 439. The van der Waals surface area contributed by atoms with E-state index in [1.165, 1.54) is 77.7 Å². The van der Waals surface area contributed by atoms with Crippen LogP contribution in [0.4, 0.5) is 0 Å². The van der Waals surface area contributed by atoms with Crippen LogP contribution in [0.3, 0.4) is 0 Å². The molecule has 0 aromatic carbocycles. The van der Waals surface area contributed by atoms with Crippen LogP contribution >= 0.6 is 0 Å². The number of piperidine rings is 2.